The molecule has 1 aliphatic heterocycles. The average Bonchev–Trinajstić information content (AvgIpc) is 2.11. The van der Waals surface area contributed by atoms with Crippen molar-refractivity contribution in [3.05, 3.63) is 0 Å². The molecule has 58 valence electrons. The Morgan fingerprint density at radius 1 is 1.60 bits per heavy atom. The van der Waals surface area contributed by atoms with E-state index in [4.69, 9.17) is 0 Å². The summed E-state index contributed by atoms with van der Waals surface area (Å²) in [6.07, 6.45) is -4.49. The Morgan fingerprint density at radius 3 is 2.40 bits per heavy atom. The highest BCUT2D eigenvalue weighted by atomic mass is 19.4. The second-order valence-electron chi connectivity index (χ2n) is 1.86. The standard InChI is InChI=1S/C4H4F3NO2/c5-4(6,7)2-1-8-10-3(2)9/h2,8H,1H2/t2-/m1/s1. The first-order valence-electron chi connectivity index (χ1n) is 2.52. The molecule has 0 amide bonds. The predicted molar refractivity (Wildman–Crippen MR) is 23.6 cm³/mol. The summed E-state index contributed by atoms with van der Waals surface area (Å²) in [7, 11) is 0. The second kappa shape index (κ2) is 2.12. The highest BCUT2D eigenvalue weighted by molar-refractivity contribution is 5.74. The number of hydroxylamine groups is 1. The molecule has 1 rings (SSSR count). The van der Waals surface area contributed by atoms with Gasteiger partial charge in [0.2, 0.25) is 0 Å². The van der Waals surface area contributed by atoms with E-state index in [9.17, 15) is 18.0 Å². The van der Waals surface area contributed by atoms with Gasteiger partial charge < -0.3 is 4.84 Å². The molecule has 1 saturated heterocycles. The molecule has 0 unspecified atom stereocenters. The van der Waals surface area contributed by atoms with Crippen LogP contribution in [0.1, 0.15) is 0 Å². The van der Waals surface area contributed by atoms with Crippen LogP contribution in [0, 0.1) is 5.92 Å². The molecule has 0 spiro atoms. The molecule has 0 aromatic carbocycles. The first-order chi connectivity index (χ1) is 4.52. The quantitative estimate of drug-likeness (QED) is 0.544. The fraction of sp³-hybridized carbons (Fsp3) is 0.750. The van der Waals surface area contributed by atoms with Gasteiger partial charge in [0.05, 0.1) is 6.54 Å². The number of carbonyl (C=O) groups is 1. The Bertz CT molecular complexity index is 155. The zero-order valence-electron chi connectivity index (χ0n) is 4.73. The first kappa shape index (κ1) is 7.33. The molecule has 1 heterocycles. The predicted octanol–water partition coefficient (Wildman–Crippen LogP) is 0.226. The van der Waals surface area contributed by atoms with E-state index in [1.165, 1.54) is 0 Å². The number of carbonyl (C=O) groups excluding carboxylic acids is 1. The number of hydrogen-bond donors (Lipinski definition) is 1. The van der Waals surface area contributed by atoms with Crippen LogP contribution in [0.3, 0.4) is 0 Å². The largest absolute Gasteiger partial charge is 0.403 e. The first-order valence-corrected chi connectivity index (χ1v) is 2.52. The maximum Gasteiger partial charge on any atom is 0.403 e. The van der Waals surface area contributed by atoms with Crippen molar-refractivity contribution in [3.8, 4) is 0 Å². The molecule has 0 radical (unpaired) electrons. The molecule has 0 aromatic heterocycles. The molecule has 0 aromatic rings. The van der Waals surface area contributed by atoms with Crippen molar-refractivity contribution in [3.63, 3.8) is 0 Å². The molecule has 0 aliphatic carbocycles. The van der Waals surface area contributed by atoms with E-state index in [0.29, 0.717) is 0 Å². The molecule has 10 heavy (non-hydrogen) atoms. The van der Waals surface area contributed by atoms with E-state index < -0.39 is 24.6 Å². The third-order valence-corrected chi connectivity index (χ3v) is 1.14. The Balaban J connectivity index is 2.64. The van der Waals surface area contributed by atoms with Gasteiger partial charge in [0, 0.05) is 0 Å². The van der Waals surface area contributed by atoms with Crippen LogP contribution in [0.25, 0.3) is 0 Å². The molecule has 6 heteroatoms. The summed E-state index contributed by atoms with van der Waals surface area (Å²) >= 11 is 0. The summed E-state index contributed by atoms with van der Waals surface area (Å²) < 4.78 is 35.0. The van der Waals surface area contributed by atoms with Gasteiger partial charge >= 0.3 is 12.1 Å². The van der Waals surface area contributed by atoms with E-state index in [0.717, 1.165) is 0 Å². The van der Waals surface area contributed by atoms with Gasteiger partial charge in [-0.1, -0.05) is 0 Å². The highest BCUT2D eigenvalue weighted by Gasteiger charge is 2.49. The zero-order chi connectivity index (χ0) is 7.78. The van der Waals surface area contributed by atoms with Crippen LogP contribution >= 0.6 is 0 Å². The third-order valence-electron chi connectivity index (χ3n) is 1.14. The highest BCUT2D eigenvalue weighted by Crippen LogP contribution is 2.28. The molecule has 1 atom stereocenters. The summed E-state index contributed by atoms with van der Waals surface area (Å²) in [4.78, 5) is 14.1. The summed E-state index contributed by atoms with van der Waals surface area (Å²) in [6.45, 7) is -0.484. The topological polar surface area (TPSA) is 38.3 Å². The Morgan fingerprint density at radius 2 is 2.20 bits per heavy atom. The number of rotatable bonds is 0. The summed E-state index contributed by atoms with van der Waals surface area (Å²) in [6, 6.07) is 0. The van der Waals surface area contributed by atoms with Crippen LogP contribution < -0.4 is 5.48 Å². The second-order valence-corrected chi connectivity index (χ2v) is 1.86. The Labute approximate surface area is 54.1 Å². The lowest BCUT2D eigenvalue weighted by atomic mass is 10.1. The Kier molecular flexibility index (Phi) is 1.55. The molecular formula is C4H4F3NO2. The maximum absolute atomic E-state index is 11.7. The number of hydrogen-bond acceptors (Lipinski definition) is 3. The molecule has 1 N–H and O–H groups in total. The SMILES string of the molecule is O=C1ONC[C@H]1C(F)(F)F. The van der Waals surface area contributed by atoms with E-state index in [2.05, 4.69) is 4.84 Å². The van der Waals surface area contributed by atoms with Crippen LogP contribution in [0.15, 0.2) is 0 Å². The van der Waals surface area contributed by atoms with Crippen LogP contribution in [0.5, 0.6) is 0 Å². The van der Waals surface area contributed by atoms with Crippen molar-refractivity contribution in [1.29, 1.82) is 0 Å². The van der Waals surface area contributed by atoms with Gasteiger partial charge in [-0.15, -0.1) is 0 Å². The van der Waals surface area contributed by atoms with Gasteiger partial charge in [0.1, 0.15) is 0 Å². The smallest absolute Gasteiger partial charge is 0.370 e. The average molecular weight is 155 g/mol. The number of alkyl halides is 3. The van der Waals surface area contributed by atoms with E-state index >= 15 is 0 Å². The van der Waals surface area contributed by atoms with Crippen molar-refractivity contribution in [2.45, 2.75) is 6.18 Å². The summed E-state index contributed by atoms with van der Waals surface area (Å²) in [5.74, 6) is -3.25. The normalized spacial score (nSPS) is 26.7. The van der Waals surface area contributed by atoms with Gasteiger partial charge in [-0.25, -0.2) is 4.79 Å². The monoisotopic (exact) mass is 155 g/mol. The van der Waals surface area contributed by atoms with E-state index in [1.54, 1.807) is 0 Å². The van der Waals surface area contributed by atoms with Crippen molar-refractivity contribution in [1.82, 2.24) is 5.48 Å². The van der Waals surface area contributed by atoms with E-state index in [-0.39, 0.29) is 0 Å². The molecular weight excluding hydrogens is 151 g/mol. The lowest BCUT2D eigenvalue weighted by molar-refractivity contribution is -0.183. The fourth-order valence-electron chi connectivity index (χ4n) is 0.600. The maximum atomic E-state index is 11.7. The minimum Gasteiger partial charge on any atom is -0.370 e. The van der Waals surface area contributed by atoms with Gasteiger partial charge in [0.15, 0.2) is 5.92 Å². The lowest BCUT2D eigenvalue weighted by Crippen LogP contribution is -2.29. The summed E-state index contributed by atoms with van der Waals surface area (Å²) in [5, 5.41) is 0. The molecule has 0 bridgehead atoms. The zero-order valence-corrected chi connectivity index (χ0v) is 4.73. The molecule has 1 aliphatic rings. The van der Waals surface area contributed by atoms with Crippen molar-refractivity contribution >= 4 is 5.97 Å². The minimum atomic E-state index is -4.49. The van der Waals surface area contributed by atoms with Crippen LogP contribution in [-0.2, 0) is 9.63 Å². The van der Waals surface area contributed by atoms with Crippen LogP contribution in [0.4, 0.5) is 13.2 Å². The van der Waals surface area contributed by atoms with E-state index in [1.807, 2.05) is 5.48 Å². The third kappa shape index (κ3) is 1.21. The van der Waals surface area contributed by atoms with Crippen molar-refractivity contribution < 1.29 is 22.8 Å². The number of nitrogens with one attached hydrogen (secondary N) is 1. The molecule has 0 saturated carbocycles. The number of halogens is 3. The van der Waals surface area contributed by atoms with Gasteiger partial charge in [-0.05, 0) is 0 Å². The van der Waals surface area contributed by atoms with Gasteiger partial charge in [-0.3, -0.25) is 0 Å². The minimum absolute atomic E-state index is 0.484. The van der Waals surface area contributed by atoms with Crippen LogP contribution in [-0.4, -0.2) is 18.7 Å². The molecule has 3 nitrogen and oxygen atoms in total. The van der Waals surface area contributed by atoms with Crippen molar-refractivity contribution in [2.75, 3.05) is 6.54 Å². The Hall–Kier alpha value is -0.780. The van der Waals surface area contributed by atoms with Gasteiger partial charge in [0.25, 0.3) is 0 Å². The summed E-state index contributed by atoms with van der Waals surface area (Å²) in [5.41, 5.74) is 1.86. The fourth-order valence-corrected chi connectivity index (χ4v) is 0.600. The van der Waals surface area contributed by atoms with Crippen molar-refractivity contribution in [2.24, 2.45) is 5.92 Å². The van der Waals surface area contributed by atoms with Crippen LogP contribution in [0.2, 0.25) is 0 Å². The molecule has 1 fully saturated rings. The van der Waals surface area contributed by atoms with Gasteiger partial charge in [-0.2, -0.15) is 18.7 Å². The lowest BCUT2D eigenvalue weighted by Gasteiger charge is -2.07.